The van der Waals surface area contributed by atoms with Crippen LogP contribution in [0.25, 0.3) is 64.8 Å². The monoisotopic (exact) mass is 657 g/mol. The molecule has 9 rings (SSSR count). The van der Waals surface area contributed by atoms with Gasteiger partial charge in [-0.2, -0.15) is 0 Å². The maximum absolute atomic E-state index is 4.64. The summed E-state index contributed by atoms with van der Waals surface area (Å²) in [5.74, 6) is 0. The largest absolute Gasteiger partial charge is 0.311 e. The Bertz CT molecular complexity index is 2480. The third-order valence-electron chi connectivity index (χ3n) is 9.23. The molecule has 0 atom stereocenters. The van der Waals surface area contributed by atoms with Gasteiger partial charge in [0.1, 0.15) is 0 Å². The molecule has 0 aliphatic carbocycles. The van der Waals surface area contributed by atoms with Crippen molar-refractivity contribution in [1.82, 2.24) is 9.97 Å². The molecule has 0 bridgehead atoms. The van der Waals surface area contributed by atoms with E-state index in [1.54, 1.807) is 11.3 Å². The van der Waals surface area contributed by atoms with Gasteiger partial charge in [-0.15, -0.1) is 11.3 Å². The van der Waals surface area contributed by atoms with Gasteiger partial charge < -0.3 is 4.90 Å². The molecule has 3 heterocycles. The lowest BCUT2D eigenvalue weighted by Crippen LogP contribution is -2.09. The van der Waals surface area contributed by atoms with E-state index in [4.69, 9.17) is 0 Å². The highest BCUT2D eigenvalue weighted by Crippen LogP contribution is 2.40. The molecule has 0 unspecified atom stereocenters. The maximum atomic E-state index is 4.64. The second kappa shape index (κ2) is 12.9. The summed E-state index contributed by atoms with van der Waals surface area (Å²) < 4.78 is 2.39. The molecule has 3 nitrogen and oxygen atoms in total. The summed E-state index contributed by atoms with van der Waals surface area (Å²) in [6.07, 6.45) is 5.76. The van der Waals surface area contributed by atoms with E-state index in [2.05, 4.69) is 179 Å². The Morgan fingerprint density at radius 2 is 0.920 bits per heavy atom. The lowest BCUT2D eigenvalue weighted by Gasteiger charge is -2.26. The highest BCUT2D eigenvalue weighted by molar-refractivity contribution is 7.26. The number of pyridine rings is 2. The molecule has 0 aliphatic rings. The van der Waals surface area contributed by atoms with Gasteiger partial charge in [0.2, 0.25) is 0 Å². The molecule has 4 heteroatoms. The number of hydrogen-bond donors (Lipinski definition) is 0. The zero-order valence-electron chi connectivity index (χ0n) is 27.1. The van der Waals surface area contributed by atoms with E-state index in [0.29, 0.717) is 0 Å². The average molecular weight is 658 g/mol. The number of fused-ring (bicyclic) bond motifs is 3. The molecule has 0 saturated heterocycles. The SMILES string of the molecule is c1ccc(-c2ccc(N(c3ccc(-c4ccccc4)cc3)c3ccc(-c4cccc(-c5cncc6c5sc5cccnc56)c4)cc3)cc2)cc1. The van der Waals surface area contributed by atoms with E-state index < -0.39 is 0 Å². The summed E-state index contributed by atoms with van der Waals surface area (Å²) in [6.45, 7) is 0. The van der Waals surface area contributed by atoms with Crippen LogP contribution in [0.3, 0.4) is 0 Å². The fourth-order valence-corrected chi connectivity index (χ4v) is 7.87. The van der Waals surface area contributed by atoms with Gasteiger partial charge in [-0.1, -0.05) is 115 Å². The van der Waals surface area contributed by atoms with Crippen LogP contribution in [0.15, 0.2) is 188 Å². The minimum atomic E-state index is 1.02. The van der Waals surface area contributed by atoms with Crippen LogP contribution < -0.4 is 4.90 Å². The van der Waals surface area contributed by atoms with Crippen molar-refractivity contribution >= 4 is 48.7 Å². The van der Waals surface area contributed by atoms with Gasteiger partial charge in [-0.05, 0) is 93.5 Å². The minimum absolute atomic E-state index is 1.02. The van der Waals surface area contributed by atoms with Crippen LogP contribution in [0.5, 0.6) is 0 Å². The van der Waals surface area contributed by atoms with Crippen LogP contribution in [-0.2, 0) is 0 Å². The smallest absolute Gasteiger partial charge is 0.0904 e. The van der Waals surface area contributed by atoms with Gasteiger partial charge in [0.25, 0.3) is 0 Å². The summed E-state index contributed by atoms with van der Waals surface area (Å²) in [7, 11) is 0. The molecule has 0 aliphatic heterocycles. The Labute approximate surface area is 295 Å². The number of hydrogen-bond acceptors (Lipinski definition) is 4. The Kier molecular flexibility index (Phi) is 7.69. The van der Waals surface area contributed by atoms with Crippen LogP contribution in [0.2, 0.25) is 0 Å². The zero-order chi connectivity index (χ0) is 33.3. The summed E-state index contributed by atoms with van der Waals surface area (Å²) in [6, 6.07) is 60.5. The third kappa shape index (κ3) is 5.62. The van der Waals surface area contributed by atoms with Crippen molar-refractivity contribution in [3.05, 3.63) is 188 Å². The number of aromatic nitrogens is 2. The van der Waals surface area contributed by atoms with Gasteiger partial charge >= 0.3 is 0 Å². The molecule has 0 saturated carbocycles. The van der Waals surface area contributed by atoms with Crippen LogP contribution in [-0.4, -0.2) is 9.97 Å². The van der Waals surface area contributed by atoms with Crippen LogP contribution >= 0.6 is 11.3 Å². The topological polar surface area (TPSA) is 29.0 Å². The highest BCUT2D eigenvalue weighted by Gasteiger charge is 2.15. The van der Waals surface area contributed by atoms with Gasteiger partial charge in [0.05, 0.1) is 10.2 Å². The number of anilines is 3. The van der Waals surface area contributed by atoms with Crippen LogP contribution in [0.1, 0.15) is 0 Å². The average Bonchev–Trinajstić information content (AvgIpc) is 3.59. The molecule has 9 aromatic rings. The molecule has 6 aromatic carbocycles. The predicted molar refractivity (Wildman–Crippen MR) is 211 cm³/mol. The van der Waals surface area contributed by atoms with Crippen LogP contribution in [0.4, 0.5) is 17.1 Å². The summed E-state index contributed by atoms with van der Waals surface area (Å²) in [5.41, 5.74) is 13.7. The van der Waals surface area contributed by atoms with E-state index in [0.717, 1.165) is 50.2 Å². The molecule has 0 N–H and O–H groups in total. The van der Waals surface area contributed by atoms with Gasteiger partial charge in [-0.25, -0.2) is 0 Å². The molecule has 0 spiro atoms. The lowest BCUT2D eigenvalue weighted by molar-refractivity contribution is 1.28. The Hall–Kier alpha value is -6.36. The quantitative estimate of drug-likeness (QED) is 0.171. The van der Waals surface area contributed by atoms with Gasteiger partial charge in [0, 0.05) is 51.3 Å². The molecule has 0 radical (unpaired) electrons. The van der Waals surface area contributed by atoms with Crippen LogP contribution in [0, 0.1) is 0 Å². The normalized spacial score (nSPS) is 11.2. The molecular weight excluding hydrogens is 627 g/mol. The Morgan fingerprint density at radius 3 is 1.50 bits per heavy atom. The van der Waals surface area contributed by atoms with Crippen molar-refractivity contribution in [2.24, 2.45) is 0 Å². The van der Waals surface area contributed by atoms with E-state index >= 15 is 0 Å². The van der Waals surface area contributed by atoms with Crippen molar-refractivity contribution in [1.29, 1.82) is 0 Å². The van der Waals surface area contributed by atoms with Crippen molar-refractivity contribution in [2.75, 3.05) is 4.90 Å². The predicted octanol–water partition coefficient (Wildman–Crippen LogP) is 13.0. The zero-order valence-corrected chi connectivity index (χ0v) is 28.0. The van der Waals surface area contributed by atoms with Crippen molar-refractivity contribution in [2.45, 2.75) is 0 Å². The number of thiophene rings is 1. The minimum Gasteiger partial charge on any atom is -0.311 e. The second-order valence-corrected chi connectivity index (χ2v) is 13.4. The summed E-state index contributed by atoms with van der Waals surface area (Å²) in [5, 5.41) is 1.10. The van der Waals surface area contributed by atoms with Crippen molar-refractivity contribution in [3.63, 3.8) is 0 Å². The maximum Gasteiger partial charge on any atom is 0.0904 e. The summed E-state index contributed by atoms with van der Waals surface area (Å²) in [4.78, 5) is 11.6. The standard InChI is InChI=1S/C46H31N3S/c1-3-9-32(10-4-1)34-16-22-39(23-17-34)49(40-24-18-35(19-25-40)33-11-5-2-6-12-33)41-26-20-36(21-27-41)37-13-7-14-38(29-37)42-30-47-31-43-45-44(50-46(42)43)15-8-28-48-45/h1-31H. The number of rotatable bonds is 7. The van der Waals surface area contributed by atoms with E-state index in [1.807, 2.05) is 24.7 Å². The third-order valence-corrected chi connectivity index (χ3v) is 10.4. The van der Waals surface area contributed by atoms with Gasteiger partial charge in [-0.3, -0.25) is 9.97 Å². The Morgan fingerprint density at radius 1 is 0.420 bits per heavy atom. The first-order valence-electron chi connectivity index (χ1n) is 16.7. The van der Waals surface area contributed by atoms with Gasteiger partial charge in [0.15, 0.2) is 0 Å². The molecule has 50 heavy (non-hydrogen) atoms. The van der Waals surface area contributed by atoms with E-state index in [-0.39, 0.29) is 0 Å². The molecule has 3 aromatic heterocycles. The summed E-state index contributed by atoms with van der Waals surface area (Å²) >= 11 is 1.78. The van der Waals surface area contributed by atoms with E-state index in [9.17, 15) is 0 Å². The molecular formula is C46H31N3S. The lowest BCUT2D eigenvalue weighted by atomic mass is 9.99. The molecule has 0 fully saturated rings. The molecule has 0 amide bonds. The first-order valence-corrected chi connectivity index (χ1v) is 17.5. The second-order valence-electron chi connectivity index (χ2n) is 12.3. The van der Waals surface area contributed by atoms with Crippen molar-refractivity contribution in [3.8, 4) is 44.5 Å². The number of nitrogens with zero attached hydrogens (tertiary/aromatic N) is 3. The fraction of sp³-hybridized carbons (Fsp3) is 0. The highest BCUT2D eigenvalue weighted by atomic mass is 32.1. The first kappa shape index (κ1) is 29.8. The van der Waals surface area contributed by atoms with Crippen molar-refractivity contribution < 1.29 is 0 Å². The first-order chi connectivity index (χ1) is 24.8. The fourth-order valence-electron chi connectivity index (χ4n) is 6.70. The Balaban J connectivity index is 1.07. The molecule has 236 valence electrons. The number of benzene rings is 6. The van der Waals surface area contributed by atoms with E-state index in [1.165, 1.54) is 31.7 Å².